The average Bonchev–Trinajstić information content (AvgIpc) is 3.16. The number of sulfonamides is 1. The zero-order valence-corrected chi connectivity index (χ0v) is 19.2. The predicted molar refractivity (Wildman–Crippen MR) is 118 cm³/mol. The molecule has 10 heteroatoms. The van der Waals surface area contributed by atoms with Crippen molar-refractivity contribution in [3.8, 4) is 11.5 Å². The summed E-state index contributed by atoms with van der Waals surface area (Å²) < 4.78 is 45.3. The van der Waals surface area contributed by atoms with Crippen LogP contribution in [0.5, 0.6) is 11.5 Å². The lowest BCUT2D eigenvalue weighted by Crippen LogP contribution is -2.17. The minimum absolute atomic E-state index is 0.0238. The number of ether oxygens (including phenoxy) is 3. The Balaban J connectivity index is 2.13. The van der Waals surface area contributed by atoms with Crippen LogP contribution in [-0.4, -0.2) is 41.2 Å². The van der Waals surface area contributed by atoms with Crippen molar-refractivity contribution in [2.75, 3.05) is 25.5 Å². The molecular weight excluding hydrogens is 451 g/mol. The number of halogens is 2. The van der Waals surface area contributed by atoms with Crippen LogP contribution < -0.4 is 14.2 Å². The topological polar surface area (TPSA) is 86.2 Å². The van der Waals surface area contributed by atoms with E-state index < -0.39 is 10.0 Å². The van der Waals surface area contributed by atoms with Crippen molar-refractivity contribution >= 4 is 44.8 Å². The first kappa shape index (κ1) is 22.5. The summed E-state index contributed by atoms with van der Waals surface area (Å²) in [7, 11) is -1.18. The maximum absolute atomic E-state index is 13.1. The van der Waals surface area contributed by atoms with Crippen molar-refractivity contribution in [1.82, 2.24) is 0 Å². The summed E-state index contributed by atoms with van der Waals surface area (Å²) in [6, 6.07) is 7.38. The third-order valence-corrected chi connectivity index (χ3v) is 6.37. The van der Waals surface area contributed by atoms with Gasteiger partial charge in [-0.25, -0.2) is 13.4 Å². The van der Waals surface area contributed by atoms with Gasteiger partial charge in [0.1, 0.15) is 12.3 Å². The molecule has 2 aromatic rings. The summed E-state index contributed by atoms with van der Waals surface area (Å²) in [5.41, 5.74) is 0.587. The molecule has 1 N–H and O–H groups in total. The predicted octanol–water partition coefficient (Wildman–Crippen LogP) is 4.61. The van der Waals surface area contributed by atoms with E-state index in [0.717, 1.165) is 0 Å². The smallest absolute Gasteiger partial charge is 0.262 e. The summed E-state index contributed by atoms with van der Waals surface area (Å²) in [5.74, 6) is 1.15. The summed E-state index contributed by atoms with van der Waals surface area (Å²) in [6.45, 7) is 4.50. The number of benzene rings is 2. The Morgan fingerprint density at radius 1 is 1.13 bits per heavy atom. The molecule has 1 aliphatic rings. The molecule has 3 rings (SSSR count). The van der Waals surface area contributed by atoms with E-state index in [1.807, 2.05) is 13.8 Å². The molecule has 162 valence electrons. The molecule has 0 saturated carbocycles. The van der Waals surface area contributed by atoms with E-state index >= 15 is 0 Å². The molecule has 0 amide bonds. The lowest BCUT2D eigenvalue weighted by atomic mass is 10.1. The molecule has 2 aromatic carbocycles. The third kappa shape index (κ3) is 4.61. The molecule has 0 bridgehead atoms. The maximum Gasteiger partial charge on any atom is 0.262 e. The Labute approximate surface area is 186 Å². The van der Waals surface area contributed by atoms with Crippen LogP contribution in [0, 0.1) is 5.92 Å². The molecule has 0 aliphatic carbocycles. The van der Waals surface area contributed by atoms with Crippen LogP contribution in [0.3, 0.4) is 0 Å². The second kappa shape index (κ2) is 8.91. The largest absolute Gasteiger partial charge is 0.493 e. The van der Waals surface area contributed by atoms with Crippen molar-refractivity contribution in [1.29, 1.82) is 0 Å². The van der Waals surface area contributed by atoms with Crippen molar-refractivity contribution in [3.63, 3.8) is 0 Å². The van der Waals surface area contributed by atoms with Crippen LogP contribution in [0.2, 0.25) is 10.0 Å². The molecule has 0 spiro atoms. The number of hydrogen-bond donors (Lipinski definition) is 1. The van der Waals surface area contributed by atoms with Crippen LogP contribution in [-0.2, 0) is 14.8 Å². The van der Waals surface area contributed by atoms with Gasteiger partial charge in [0.15, 0.2) is 11.5 Å². The van der Waals surface area contributed by atoms with Crippen LogP contribution in [0.25, 0.3) is 0 Å². The number of aliphatic imine (C=N–C) groups is 1. The van der Waals surface area contributed by atoms with Gasteiger partial charge in [0.05, 0.1) is 30.7 Å². The van der Waals surface area contributed by atoms with Crippen molar-refractivity contribution in [3.05, 3.63) is 45.9 Å². The quantitative estimate of drug-likeness (QED) is 0.635. The molecule has 7 nitrogen and oxygen atoms in total. The van der Waals surface area contributed by atoms with Gasteiger partial charge in [-0.1, -0.05) is 37.0 Å². The SMILES string of the molecule is COc1ccc(C2=N[C@@H](C(C)C)CO2)c(NS(=O)(=O)c2cc(Cl)cc(Cl)c2)c1OC. The van der Waals surface area contributed by atoms with Crippen molar-refractivity contribution in [2.24, 2.45) is 10.9 Å². The number of nitrogens with zero attached hydrogens (tertiary/aromatic N) is 1. The molecule has 1 atom stereocenters. The number of rotatable bonds is 7. The fourth-order valence-corrected chi connectivity index (χ4v) is 4.77. The fourth-order valence-electron chi connectivity index (χ4n) is 2.96. The lowest BCUT2D eigenvalue weighted by molar-refractivity contribution is 0.291. The monoisotopic (exact) mass is 472 g/mol. The van der Waals surface area contributed by atoms with Crippen LogP contribution in [0.1, 0.15) is 19.4 Å². The van der Waals surface area contributed by atoms with Crippen LogP contribution in [0.15, 0.2) is 40.2 Å². The van der Waals surface area contributed by atoms with E-state index in [2.05, 4.69) is 9.71 Å². The van der Waals surface area contributed by atoms with Gasteiger partial charge in [0.25, 0.3) is 10.0 Å². The molecule has 0 aromatic heterocycles. The first-order chi connectivity index (χ1) is 14.2. The second-order valence-corrected chi connectivity index (χ2v) is 9.55. The molecule has 0 unspecified atom stereocenters. The molecule has 0 fully saturated rings. The van der Waals surface area contributed by atoms with Gasteiger partial charge in [0, 0.05) is 10.0 Å². The Morgan fingerprint density at radius 2 is 1.80 bits per heavy atom. The highest BCUT2D eigenvalue weighted by Crippen LogP contribution is 2.40. The van der Waals surface area contributed by atoms with Crippen molar-refractivity contribution < 1.29 is 22.6 Å². The number of hydrogen-bond acceptors (Lipinski definition) is 6. The highest BCUT2D eigenvalue weighted by atomic mass is 35.5. The molecule has 0 radical (unpaired) electrons. The van der Waals surface area contributed by atoms with Gasteiger partial charge >= 0.3 is 0 Å². The van der Waals surface area contributed by atoms with Gasteiger partial charge < -0.3 is 14.2 Å². The van der Waals surface area contributed by atoms with E-state index in [0.29, 0.717) is 23.8 Å². The van der Waals surface area contributed by atoms with Crippen LogP contribution >= 0.6 is 23.2 Å². The standard InChI is InChI=1S/C20H22Cl2N2O5S/c1-11(2)16-10-29-20(23-16)15-5-6-17(27-3)19(28-4)18(15)24-30(25,26)14-8-12(21)7-13(22)9-14/h5-9,11,16,24H,10H2,1-4H3/t16-/m1/s1. The van der Waals surface area contributed by atoms with Gasteiger partial charge in [-0.05, 0) is 36.2 Å². The zero-order chi connectivity index (χ0) is 22.1. The minimum atomic E-state index is -4.06. The Morgan fingerprint density at radius 3 is 2.33 bits per heavy atom. The van der Waals surface area contributed by atoms with Gasteiger partial charge in [-0.3, -0.25) is 4.72 Å². The highest BCUT2D eigenvalue weighted by Gasteiger charge is 2.29. The summed E-state index contributed by atoms with van der Waals surface area (Å²) in [4.78, 5) is 4.51. The van der Waals surface area contributed by atoms with E-state index in [-0.39, 0.29) is 38.3 Å². The Hall–Kier alpha value is -2.16. The molecular formula is C20H22Cl2N2O5S. The second-order valence-electron chi connectivity index (χ2n) is 6.99. The molecule has 1 heterocycles. The van der Waals surface area contributed by atoms with Crippen LogP contribution in [0.4, 0.5) is 5.69 Å². The highest BCUT2D eigenvalue weighted by molar-refractivity contribution is 7.92. The van der Waals surface area contributed by atoms with Gasteiger partial charge in [-0.15, -0.1) is 0 Å². The molecule has 30 heavy (non-hydrogen) atoms. The van der Waals surface area contributed by atoms with E-state index in [1.54, 1.807) is 12.1 Å². The number of anilines is 1. The lowest BCUT2D eigenvalue weighted by Gasteiger charge is -2.18. The maximum atomic E-state index is 13.1. The van der Waals surface area contributed by atoms with E-state index in [9.17, 15) is 8.42 Å². The Kier molecular flexibility index (Phi) is 6.69. The summed E-state index contributed by atoms with van der Waals surface area (Å²) in [5, 5.41) is 0.396. The van der Waals surface area contributed by atoms with Crippen molar-refractivity contribution in [2.45, 2.75) is 24.8 Å². The average molecular weight is 473 g/mol. The minimum Gasteiger partial charge on any atom is -0.493 e. The normalized spacial score (nSPS) is 16.2. The third-order valence-electron chi connectivity index (χ3n) is 4.60. The Bertz CT molecular complexity index is 1070. The number of methoxy groups -OCH3 is 2. The van der Waals surface area contributed by atoms with E-state index in [4.69, 9.17) is 37.4 Å². The fraction of sp³-hybridized carbons (Fsp3) is 0.350. The van der Waals surface area contributed by atoms with Gasteiger partial charge in [-0.2, -0.15) is 0 Å². The number of nitrogens with one attached hydrogen (secondary N) is 1. The first-order valence-corrected chi connectivity index (χ1v) is 11.3. The first-order valence-electron chi connectivity index (χ1n) is 9.11. The van der Waals surface area contributed by atoms with E-state index in [1.165, 1.54) is 32.4 Å². The zero-order valence-electron chi connectivity index (χ0n) is 16.9. The summed E-state index contributed by atoms with van der Waals surface area (Å²) >= 11 is 12.0. The molecule has 1 aliphatic heterocycles. The molecule has 0 saturated heterocycles. The van der Waals surface area contributed by atoms with Gasteiger partial charge in [0.2, 0.25) is 5.90 Å². The summed E-state index contributed by atoms with van der Waals surface area (Å²) in [6.07, 6.45) is 0.